The Balaban J connectivity index is 2.01. The molecule has 0 aliphatic heterocycles. The van der Waals surface area contributed by atoms with Gasteiger partial charge in [0.2, 0.25) is 0 Å². The van der Waals surface area contributed by atoms with Crippen LogP contribution in [0.3, 0.4) is 0 Å². The first-order valence-electron chi connectivity index (χ1n) is 8.55. The summed E-state index contributed by atoms with van der Waals surface area (Å²) in [6, 6.07) is 29.5. The topological polar surface area (TPSA) is 13.1 Å². The Kier molecular flexibility index (Phi) is 3.99. The van der Waals surface area contributed by atoms with E-state index in [-0.39, 0.29) is 0 Å². The Bertz CT molecular complexity index is 978. The molecule has 0 amide bonds. The van der Waals surface area contributed by atoms with Gasteiger partial charge in [0.05, 0.1) is 0 Å². The van der Waals surface area contributed by atoms with Crippen molar-refractivity contribution >= 4 is 0 Å². The fraction of sp³-hybridized carbons (Fsp3) is 0.0833. The van der Waals surface area contributed by atoms with Crippen LogP contribution in [-0.2, 0) is 0 Å². The van der Waals surface area contributed by atoms with E-state index in [4.69, 9.17) is 4.42 Å². The molecule has 0 spiro atoms. The van der Waals surface area contributed by atoms with E-state index in [1.807, 2.05) is 31.2 Å². The molecule has 0 fully saturated rings. The van der Waals surface area contributed by atoms with Gasteiger partial charge in [0, 0.05) is 16.7 Å². The van der Waals surface area contributed by atoms with Crippen molar-refractivity contribution < 1.29 is 4.42 Å². The third-order valence-electron chi connectivity index (χ3n) is 4.52. The first-order chi connectivity index (χ1) is 12.2. The summed E-state index contributed by atoms with van der Waals surface area (Å²) >= 11 is 0. The summed E-state index contributed by atoms with van der Waals surface area (Å²) in [5, 5.41) is 0. The van der Waals surface area contributed by atoms with Crippen molar-refractivity contribution in [1.29, 1.82) is 0 Å². The van der Waals surface area contributed by atoms with Gasteiger partial charge in [-0.3, -0.25) is 0 Å². The zero-order valence-corrected chi connectivity index (χ0v) is 14.5. The highest BCUT2D eigenvalue weighted by molar-refractivity contribution is 5.93. The summed E-state index contributed by atoms with van der Waals surface area (Å²) in [4.78, 5) is 0. The van der Waals surface area contributed by atoms with Crippen molar-refractivity contribution in [2.24, 2.45) is 0 Å². The summed E-state index contributed by atoms with van der Waals surface area (Å²) in [5.41, 5.74) is 7.05. The minimum Gasteiger partial charge on any atom is -0.460 e. The van der Waals surface area contributed by atoms with Gasteiger partial charge in [0.15, 0.2) is 0 Å². The number of furan rings is 1. The number of benzene rings is 3. The molecule has 0 atom stereocenters. The molecule has 0 bridgehead atoms. The van der Waals surface area contributed by atoms with E-state index in [1.54, 1.807) is 0 Å². The molecule has 1 nitrogen and oxygen atoms in total. The number of hydrogen-bond acceptors (Lipinski definition) is 1. The predicted octanol–water partition coefficient (Wildman–Crippen LogP) is 6.90. The number of rotatable bonds is 3. The predicted molar refractivity (Wildman–Crippen MR) is 104 cm³/mol. The summed E-state index contributed by atoms with van der Waals surface area (Å²) in [6.07, 6.45) is 0. The lowest BCUT2D eigenvalue weighted by atomic mass is 9.93. The lowest BCUT2D eigenvalue weighted by molar-refractivity contribution is 0.550. The molecule has 0 aliphatic rings. The minimum absolute atomic E-state index is 0.930. The Hall–Kier alpha value is -3.06. The van der Waals surface area contributed by atoms with Crippen LogP contribution < -0.4 is 0 Å². The number of hydrogen-bond donors (Lipinski definition) is 0. The largest absolute Gasteiger partial charge is 0.460 e. The fourth-order valence-electron chi connectivity index (χ4n) is 3.29. The Morgan fingerprint density at radius 3 is 1.64 bits per heavy atom. The van der Waals surface area contributed by atoms with Crippen LogP contribution in [0, 0.1) is 13.8 Å². The summed E-state index contributed by atoms with van der Waals surface area (Å²) < 4.78 is 6.27. The van der Waals surface area contributed by atoms with Crippen LogP contribution in [-0.4, -0.2) is 0 Å². The second-order valence-corrected chi connectivity index (χ2v) is 6.34. The summed E-state index contributed by atoms with van der Waals surface area (Å²) in [7, 11) is 0. The maximum absolute atomic E-state index is 6.27. The molecule has 122 valence electrons. The van der Waals surface area contributed by atoms with Gasteiger partial charge in [-0.1, -0.05) is 90.5 Å². The van der Waals surface area contributed by atoms with Crippen molar-refractivity contribution in [3.63, 3.8) is 0 Å². The molecule has 0 saturated carbocycles. The molecule has 0 aliphatic carbocycles. The van der Waals surface area contributed by atoms with Crippen molar-refractivity contribution in [1.82, 2.24) is 0 Å². The second-order valence-electron chi connectivity index (χ2n) is 6.34. The van der Waals surface area contributed by atoms with Crippen LogP contribution in [0.2, 0.25) is 0 Å². The maximum atomic E-state index is 6.27. The van der Waals surface area contributed by atoms with E-state index in [0.717, 1.165) is 22.6 Å². The van der Waals surface area contributed by atoms with Crippen molar-refractivity contribution in [2.75, 3.05) is 0 Å². The van der Waals surface area contributed by atoms with E-state index in [0.29, 0.717) is 0 Å². The van der Waals surface area contributed by atoms with E-state index < -0.39 is 0 Å². The fourth-order valence-corrected chi connectivity index (χ4v) is 3.29. The van der Waals surface area contributed by atoms with Crippen LogP contribution in [0.1, 0.15) is 11.3 Å². The maximum Gasteiger partial charge on any atom is 0.142 e. The van der Waals surface area contributed by atoms with E-state index in [2.05, 4.69) is 67.6 Å². The van der Waals surface area contributed by atoms with Crippen LogP contribution in [0.4, 0.5) is 0 Å². The molecular weight excluding hydrogens is 304 g/mol. The smallest absolute Gasteiger partial charge is 0.142 e. The normalized spacial score (nSPS) is 10.8. The molecule has 1 heteroatoms. The highest BCUT2D eigenvalue weighted by Crippen LogP contribution is 2.44. The molecule has 4 rings (SSSR count). The third kappa shape index (κ3) is 2.89. The van der Waals surface area contributed by atoms with Crippen molar-refractivity contribution in [3.05, 3.63) is 96.3 Å². The monoisotopic (exact) mass is 324 g/mol. The standard InChI is InChI=1S/C24H20O/c1-17-13-15-20(16-14-17)22-18(2)25-24(21-11-7-4-8-12-21)23(22)19-9-5-3-6-10-19/h3-16H,1-2H3. The highest BCUT2D eigenvalue weighted by Gasteiger charge is 2.21. The van der Waals surface area contributed by atoms with Gasteiger partial charge >= 0.3 is 0 Å². The molecule has 1 aromatic heterocycles. The quantitative estimate of drug-likeness (QED) is 0.399. The van der Waals surface area contributed by atoms with Crippen LogP contribution in [0.15, 0.2) is 89.3 Å². The van der Waals surface area contributed by atoms with Crippen molar-refractivity contribution in [2.45, 2.75) is 13.8 Å². The molecule has 1 heterocycles. The van der Waals surface area contributed by atoms with Gasteiger partial charge in [-0.25, -0.2) is 0 Å². The SMILES string of the molecule is Cc1ccc(-c2c(C)oc(-c3ccccc3)c2-c2ccccc2)cc1. The molecule has 25 heavy (non-hydrogen) atoms. The van der Waals surface area contributed by atoms with Crippen LogP contribution in [0.25, 0.3) is 33.6 Å². The average Bonchev–Trinajstić information content (AvgIpc) is 3.01. The van der Waals surface area contributed by atoms with E-state index >= 15 is 0 Å². The molecular formula is C24H20O. The van der Waals surface area contributed by atoms with E-state index in [9.17, 15) is 0 Å². The van der Waals surface area contributed by atoms with Crippen LogP contribution in [0.5, 0.6) is 0 Å². The van der Waals surface area contributed by atoms with Gasteiger partial charge < -0.3 is 4.42 Å². The average molecular weight is 324 g/mol. The molecule has 3 aromatic carbocycles. The van der Waals surface area contributed by atoms with Gasteiger partial charge in [0.25, 0.3) is 0 Å². The van der Waals surface area contributed by atoms with Crippen LogP contribution >= 0.6 is 0 Å². The molecule has 0 radical (unpaired) electrons. The minimum atomic E-state index is 0.930. The van der Waals surface area contributed by atoms with Gasteiger partial charge in [-0.15, -0.1) is 0 Å². The summed E-state index contributed by atoms with van der Waals surface area (Å²) in [5.74, 6) is 1.88. The zero-order chi connectivity index (χ0) is 17.2. The van der Waals surface area contributed by atoms with Crippen molar-refractivity contribution in [3.8, 4) is 33.6 Å². The zero-order valence-electron chi connectivity index (χ0n) is 14.5. The first kappa shape index (κ1) is 15.5. The van der Waals surface area contributed by atoms with E-state index in [1.165, 1.54) is 22.3 Å². The molecule has 0 N–H and O–H groups in total. The summed E-state index contributed by atoms with van der Waals surface area (Å²) in [6.45, 7) is 4.16. The third-order valence-corrected chi connectivity index (χ3v) is 4.52. The lowest BCUT2D eigenvalue weighted by Gasteiger charge is -2.08. The lowest BCUT2D eigenvalue weighted by Crippen LogP contribution is -1.85. The Morgan fingerprint density at radius 1 is 0.520 bits per heavy atom. The van der Waals surface area contributed by atoms with Gasteiger partial charge in [0.1, 0.15) is 11.5 Å². The molecule has 0 unspecified atom stereocenters. The van der Waals surface area contributed by atoms with Gasteiger partial charge in [-0.05, 0) is 25.0 Å². The highest BCUT2D eigenvalue weighted by atomic mass is 16.3. The van der Waals surface area contributed by atoms with Gasteiger partial charge in [-0.2, -0.15) is 0 Å². The second kappa shape index (κ2) is 6.45. The Morgan fingerprint density at radius 2 is 1.04 bits per heavy atom. The molecule has 4 aromatic rings. The molecule has 0 saturated heterocycles. The first-order valence-corrected chi connectivity index (χ1v) is 8.55. The Labute approximate surface area is 148 Å². The number of aryl methyl sites for hydroxylation is 2.